The third-order valence-electron chi connectivity index (χ3n) is 3.94. The van der Waals surface area contributed by atoms with E-state index < -0.39 is 0 Å². The summed E-state index contributed by atoms with van der Waals surface area (Å²) in [4.78, 5) is 2.13. The number of hydrogen-bond acceptors (Lipinski definition) is 3. The molecule has 0 unspecified atom stereocenters. The molecular formula is C19H17NO2. The van der Waals surface area contributed by atoms with Crippen LogP contribution < -0.4 is 9.64 Å². The molecule has 4 rings (SSSR count). The maximum Gasteiger partial charge on any atom is 0.248 e. The molecule has 2 heterocycles. The molecule has 1 aliphatic heterocycles. The van der Waals surface area contributed by atoms with Gasteiger partial charge in [0.2, 0.25) is 5.88 Å². The molecule has 0 radical (unpaired) electrons. The van der Waals surface area contributed by atoms with Crippen molar-refractivity contribution in [1.29, 1.82) is 0 Å². The minimum atomic E-state index is 0.739. The summed E-state index contributed by atoms with van der Waals surface area (Å²) in [6.07, 6.45) is 0. The van der Waals surface area contributed by atoms with Crippen LogP contribution in [0.3, 0.4) is 0 Å². The first-order valence-electron chi connectivity index (χ1n) is 7.38. The van der Waals surface area contributed by atoms with Gasteiger partial charge in [0, 0.05) is 6.07 Å². The monoisotopic (exact) mass is 291 g/mol. The Morgan fingerprint density at radius 1 is 0.818 bits per heavy atom. The number of benzene rings is 2. The lowest BCUT2D eigenvalue weighted by Gasteiger charge is -2.30. The SMILES string of the molecule is Cc1ccc2c(c1)Oc1cc(C)oc1N2c1ccccc1C. The second-order valence-electron chi connectivity index (χ2n) is 5.72. The molecule has 0 amide bonds. The maximum absolute atomic E-state index is 6.04. The molecule has 110 valence electrons. The Morgan fingerprint density at radius 2 is 1.64 bits per heavy atom. The number of rotatable bonds is 1. The van der Waals surface area contributed by atoms with Gasteiger partial charge in [-0.15, -0.1) is 0 Å². The zero-order chi connectivity index (χ0) is 15.3. The van der Waals surface area contributed by atoms with Crippen LogP contribution in [-0.2, 0) is 0 Å². The third-order valence-corrected chi connectivity index (χ3v) is 3.94. The fraction of sp³-hybridized carbons (Fsp3) is 0.158. The molecule has 3 aromatic rings. The van der Waals surface area contributed by atoms with Crippen molar-refractivity contribution in [2.24, 2.45) is 0 Å². The minimum Gasteiger partial charge on any atom is -0.449 e. The van der Waals surface area contributed by atoms with Crippen LogP contribution in [0.2, 0.25) is 0 Å². The molecule has 3 nitrogen and oxygen atoms in total. The van der Waals surface area contributed by atoms with Crippen molar-refractivity contribution < 1.29 is 9.15 Å². The van der Waals surface area contributed by atoms with E-state index in [-0.39, 0.29) is 0 Å². The Balaban J connectivity index is 1.99. The topological polar surface area (TPSA) is 25.6 Å². The van der Waals surface area contributed by atoms with Crippen molar-refractivity contribution in [3.05, 3.63) is 65.4 Å². The molecular weight excluding hydrogens is 274 g/mol. The Kier molecular flexibility index (Phi) is 2.76. The Bertz CT molecular complexity index is 864. The average Bonchev–Trinajstić information content (AvgIpc) is 2.85. The zero-order valence-corrected chi connectivity index (χ0v) is 12.9. The zero-order valence-electron chi connectivity index (χ0n) is 12.9. The molecule has 0 aliphatic carbocycles. The van der Waals surface area contributed by atoms with Crippen molar-refractivity contribution in [3.8, 4) is 11.5 Å². The van der Waals surface area contributed by atoms with Gasteiger partial charge in [0.25, 0.3) is 0 Å². The first kappa shape index (κ1) is 13.0. The van der Waals surface area contributed by atoms with E-state index in [4.69, 9.17) is 9.15 Å². The van der Waals surface area contributed by atoms with Crippen molar-refractivity contribution >= 4 is 17.3 Å². The molecule has 1 aromatic heterocycles. The summed E-state index contributed by atoms with van der Waals surface area (Å²) in [6, 6.07) is 16.5. The standard InChI is InChI=1S/C19H17NO2/c1-12-8-9-16-17(10-12)22-18-11-14(3)21-19(18)20(16)15-7-5-4-6-13(15)2/h4-11H,1-3H3. The smallest absolute Gasteiger partial charge is 0.248 e. The van der Waals surface area contributed by atoms with Crippen molar-refractivity contribution in [1.82, 2.24) is 0 Å². The van der Waals surface area contributed by atoms with Crippen LogP contribution in [0.1, 0.15) is 16.9 Å². The summed E-state index contributed by atoms with van der Waals surface area (Å²) in [5.41, 5.74) is 4.47. The van der Waals surface area contributed by atoms with Gasteiger partial charge in [-0.2, -0.15) is 0 Å². The average molecular weight is 291 g/mol. The summed E-state index contributed by atoms with van der Waals surface area (Å²) >= 11 is 0. The maximum atomic E-state index is 6.04. The van der Waals surface area contributed by atoms with Gasteiger partial charge in [-0.1, -0.05) is 24.3 Å². The lowest BCUT2D eigenvalue weighted by molar-refractivity contribution is 0.454. The summed E-state index contributed by atoms with van der Waals surface area (Å²) in [6.45, 7) is 6.11. The van der Waals surface area contributed by atoms with Gasteiger partial charge < -0.3 is 9.15 Å². The quantitative estimate of drug-likeness (QED) is 0.444. The van der Waals surface area contributed by atoms with E-state index in [1.807, 2.05) is 25.1 Å². The van der Waals surface area contributed by atoms with Gasteiger partial charge in [-0.25, -0.2) is 0 Å². The van der Waals surface area contributed by atoms with Crippen LogP contribution >= 0.6 is 0 Å². The normalized spacial score (nSPS) is 12.6. The number of ether oxygens (including phenoxy) is 1. The summed E-state index contributed by atoms with van der Waals surface area (Å²) in [5.74, 6) is 3.20. The van der Waals surface area contributed by atoms with E-state index in [1.54, 1.807) is 0 Å². The second kappa shape index (κ2) is 4.67. The van der Waals surface area contributed by atoms with Crippen molar-refractivity contribution in [3.63, 3.8) is 0 Å². The molecule has 3 heteroatoms. The molecule has 0 saturated carbocycles. The van der Waals surface area contributed by atoms with Crippen LogP contribution in [-0.4, -0.2) is 0 Å². The lowest BCUT2D eigenvalue weighted by atomic mass is 10.1. The molecule has 0 atom stereocenters. The fourth-order valence-electron chi connectivity index (χ4n) is 2.88. The highest BCUT2D eigenvalue weighted by atomic mass is 16.5. The molecule has 22 heavy (non-hydrogen) atoms. The van der Waals surface area contributed by atoms with Crippen molar-refractivity contribution in [2.45, 2.75) is 20.8 Å². The third kappa shape index (κ3) is 1.90. The Hall–Kier alpha value is -2.68. The first-order chi connectivity index (χ1) is 10.6. The van der Waals surface area contributed by atoms with Gasteiger partial charge in [-0.05, 0) is 50.1 Å². The van der Waals surface area contributed by atoms with Gasteiger partial charge in [-0.3, -0.25) is 4.90 Å². The molecule has 2 aromatic carbocycles. The Morgan fingerprint density at radius 3 is 2.45 bits per heavy atom. The number of para-hydroxylation sites is 1. The highest BCUT2D eigenvalue weighted by Gasteiger charge is 2.30. The fourth-order valence-corrected chi connectivity index (χ4v) is 2.88. The van der Waals surface area contributed by atoms with Crippen LogP contribution in [0, 0.1) is 20.8 Å². The Labute approximate surface area is 129 Å². The molecule has 0 spiro atoms. The summed E-state index contributed by atoms with van der Waals surface area (Å²) in [7, 11) is 0. The number of anilines is 3. The predicted molar refractivity (Wildman–Crippen MR) is 87.7 cm³/mol. The van der Waals surface area contributed by atoms with E-state index in [1.165, 1.54) is 11.1 Å². The minimum absolute atomic E-state index is 0.739. The van der Waals surface area contributed by atoms with E-state index in [0.717, 1.165) is 34.5 Å². The molecule has 0 saturated heterocycles. The van der Waals surface area contributed by atoms with Crippen LogP contribution in [0.5, 0.6) is 11.5 Å². The molecule has 0 N–H and O–H groups in total. The van der Waals surface area contributed by atoms with Gasteiger partial charge >= 0.3 is 0 Å². The second-order valence-corrected chi connectivity index (χ2v) is 5.72. The van der Waals surface area contributed by atoms with Gasteiger partial charge in [0.05, 0.1) is 11.4 Å². The number of nitrogens with zero attached hydrogens (tertiary/aromatic N) is 1. The predicted octanol–water partition coefficient (Wildman–Crippen LogP) is 5.78. The van der Waals surface area contributed by atoms with Crippen LogP contribution in [0.15, 0.2) is 52.9 Å². The summed E-state index contributed by atoms with van der Waals surface area (Å²) < 4.78 is 12.0. The number of hydrogen-bond donors (Lipinski definition) is 0. The summed E-state index contributed by atoms with van der Waals surface area (Å²) in [5, 5.41) is 0. The van der Waals surface area contributed by atoms with E-state index in [2.05, 4.69) is 49.1 Å². The van der Waals surface area contributed by atoms with Crippen LogP contribution in [0.4, 0.5) is 17.3 Å². The number of fused-ring (bicyclic) bond motifs is 2. The van der Waals surface area contributed by atoms with E-state index in [9.17, 15) is 0 Å². The van der Waals surface area contributed by atoms with Crippen molar-refractivity contribution in [2.75, 3.05) is 4.90 Å². The van der Waals surface area contributed by atoms with Crippen LogP contribution in [0.25, 0.3) is 0 Å². The van der Waals surface area contributed by atoms with E-state index in [0.29, 0.717) is 0 Å². The first-order valence-corrected chi connectivity index (χ1v) is 7.38. The molecule has 1 aliphatic rings. The van der Waals surface area contributed by atoms with Gasteiger partial charge in [0.1, 0.15) is 5.76 Å². The number of furan rings is 1. The highest BCUT2D eigenvalue weighted by molar-refractivity contribution is 5.84. The van der Waals surface area contributed by atoms with E-state index >= 15 is 0 Å². The largest absolute Gasteiger partial charge is 0.449 e. The highest BCUT2D eigenvalue weighted by Crippen LogP contribution is 2.52. The van der Waals surface area contributed by atoms with Gasteiger partial charge in [0.15, 0.2) is 11.5 Å². The lowest BCUT2D eigenvalue weighted by Crippen LogP contribution is -2.15. The molecule has 0 fully saturated rings. The number of aryl methyl sites for hydroxylation is 3. The molecule has 0 bridgehead atoms.